The molecule has 1 aromatic rings. The van der Waals surface area contributed by atoms with Crippen molar-refractivity contribution in [1.29, 1.82) is 0 Å². The van der Waals surface area contributed by atoms with Crippen molar-refractivity contribution < 1.29 is 28.5 Å². The van der Waals surface area contributed by atoms with Crippen LogP contribution >= 0.6 is 0 Å². The Morgan fingerprint density at radius 1 is 0.857 bits per heavy atom. The van der Waals surface area contributed by atoms with Gasteiger partial charge in [0.15, 0.2) is 11.5 Å². The summed E-state index contributed by atoms with van der Waals surface area (Å²) in [6.07, 6.45) is 1.55. The molecule has 0 bridgehead atoms. The molecule has 1 aliphatic heterocycles. The van der Waals surface area contributed by atoms with E-state index in [9.17, 15) is 4.79 Å². The average molecular weight is 296 g/mol. The second kappa shape index (κ2) is 9.20. The molecule has 116 valence electrons. The van der Waals surface area contributed by atoms with Crippen LogP contribution in [0.1, 0.15) is 12.8 Å². The van der Waals surface area contributed by atoms with E-state index in [0.29, 0.717) is 63.4 Å². The number of ether oxygens (including phenoxy) is 5. The van der Waals surface area contributed by atoms with Crippen molar-refractivity contribution in [2.75, 3.05) is 39.6 Å². The summed E-state index contributed by atoms with van der Waals surface area (Å²) in [6, 6.07) is 5.05. The molecule has 1 heterocycles. The van der Waals surface area contributed by atoms with Crippen LogP contribution in [-0.2, 0) is 14.3 Å². The van der Waals surface area contributed by atoms with Crippen molar-refractivity contribution >= 4 is 6.47 Å². The number of carbonyl (C=O) groups is 1. The van der Waals surface area contributed by atoms with Gasteiger partial charge >= 0.3 is 0 Å². The molecular formula is C15H20O6. The van der Waals surface area contributed by atoms with Crippen LogP contribution in [0.4, 0.5) is 0 Å². The van der Waals surface area contributed by atoms with Crippen molar-refractivity contribution in [2.45, 2.75) is 12.8 Å². The number of hydrogen-bond acceptors (Lipinski definition) is 6. The second-order valence-electron chi connectivity index (χ2n) is 4.45. The quantitative estimate of drug-likeness (QED) is 0.776. The zero-order chi connectivity index (χ0) is 14.8. The summed E-state index contributed by atoms with van der Waals surface area (Å²) in [4.78, 5) is 10.4. The smallest absolute Gasteiger partial charge is 0.298 e. The maximum atomic E-state index is 10.4. The Kier molecular flexibility index (Phi) is 6.83. The molecule has 21 heavy (non-hydrogen) atoms. The summed E-state index contributed by atoms with van der Waals surface area (Å²) in [6.45, 7) is 3.86. The molecule has 0 saturated heterocycles. The fourth-order valence-corrected chi connectivity index (χ4v) is 1.86. The number of rotatable bonds is 2. The summed E-state index contributed by atoms with van der Waals surface area (Å²) < 4.78 is 27.0. The Bertz CT molecular complexity index is 434. The largest absolute Gasteiger partial charge is 0.490 e. The topological polar surface area (TPSA) is 63.2 Å². The monoisotopic (exact) mass is 296 g/mol. The van der Waals surface area contributed by atoms with Crippen LogP contribution in [-0.4, -0.2) is 46.1 Å². The van der Waals surface area contributed by atoms with E-state index in [1.165, 1.54) is 0 Å². The molecule has 0 unspecified atom stereocenters. The number of benzene rings is 1. The van der Waals surface area contributed by atoms with Gasteiger partial charge in [-0.15, -0.1) is 0 Å². The summed E-state index contributed by atoms with van der Waals surface area (Å²) in [5.74, 6) is 1.62. The molecule has 6 heteroatoms. The highest BCUT2D eigenvalue weighted by atomic mass is 16.5. The Balaban J connectivity index is 2.01. The summed E-state index contributed by atoms with van der Waals surface area (Å²) in [5, 5.41) is 0. The normalized spacial score (nSPS) is 17.5. The maximum absolute atomic E-state index is 10.4. The third-order valence-electron chi connectivity index (χ3n) is 2.85. The van der Waals surface area contributed by atoms with Gasteiger partial charge in [-0.25, -0.2) is 0 Å². The van der Waals surface area contributed by atoms with E-state index in [1.54, 1.807) is 18.2 Å². The van der Waals surface area contributed by atoms with Crippen LogP contribution in [0.25, 0.3) is 0 Å². The lowest BCUT2D eigenvalue weighted by atomic mass is 10.3. The van der Waals surface area contributed by atoms with Crippen LogP contribution in [0, 0.1) is 0 Å². The molecule has 0 aromatic heterocycles. The first-order chi connectivity index (χ1) is 10.4. The van der Waals surface area contributed by atoms with Gasteiger partial charge in [0.05, 0.1) is 26.4 Å². The van der Waals surface area contributed by atoms with Gasteiger partial charge in [0.25, 0.3) is 6.47 Å². The minimum absolute atomic E-state index is 0.386. The lowest BCUT2D eigenvalue weighted by Gasteiger charge is -2.15. The fourth-order valence-electron chi connectivity index (χ4n) is 1.86. The first kappa shape index (κ1) is 15.6. The fraction of sp³-hybridized carbons (Fsp3) is 0.533. The zero-order valence-electron chi connectivity index (χ0n) is 11.9. The lowest BCUT2D eigenvalue weighted by Crippen LogP contribution is -2.11. The van der Waals surface area contributed by atoms with E-state index in [1.807, 2.05) is 0 Å². The molecule has 2 rings (SSSR count). The maximum Gasteiger partial charge on any atom is 0.298 e. The molecule has 1 aliphatic rings. The summed E-state index contributed by atoms with van der Waals surface area (Å²) in [5.41, 5.74) is 0. The van der Waals surface area contributed by atoms with Crippen molar-refractivity contribution in [3.8, 4) is 17.2 Å². The molecule has 0 amide bonds. The number of hydrogen-bond donors (Lipinski definition) is 0. The number of fused-ring (bicyclic) bond motifs is 1. The first-order valence-electron chi connectivity index (χ1n) is 7.05. The lowest BCUT2D eigenvalue weighted by molar-refractivity contribution is -0.120. The van der Waals surface area contributed by atoms with Crippen LogP contribution in [0.15, 0.2) is 18.2 Å². The standard InChI is InChI=1S/C15H20O6/c16-12-21-13-3-4-14-15(11-13)20-8-2-6-18-10-9-17-5-1-7-19-14/h3-4,11-12H,1-2,5-10H2. The van der Waals surface area contributed by atoms with Gasteiger partial charge in [0.2, 0.25) is 0 Å². The van der Waals surface area contributed by atoms with Gasteiger partial charge in [-0.3, -0.25) is 4.79 Å². The SMILES string of the molecule is O=COc1ccc2c(c1)OCCCOCCOCCCO2. The molecule has 0 aliphatic carbocycles. The minimum Gasteiger partial charge on any atom is -0.490 e. The highest BCUT2D eigenvalue weighted by Crippen LogP contribution is 2.31. The van der Waals surface area contributed by atoms with Gasteiger partial charge in [-0.05, 0) is 12.1 Å². The van der Waals surface area contributed by atoms with Crippen LogP contribution in [0.2, 0.25) is 0 Å². The Morgan fingerprint density at radius 3 is 2.19 bits per heavy atom. The molecule has 0 fully saturated rings. The van der Waals surface area contributed by atoms with E-state index in [0.717, 1.165) is 12.8 Å². The third-order valence-corrected chi connectivity index (χ3v) is 2.85. The summed E-state index contributed by atoms with van der Waals surface area (Å²) in [7, 11) is 0. The average Bonchev–Trinajstić information content (AvgIpc) is 2.50. The van der Waals surface area contributed by atoms with Crippen molar-refractivity contribution in [3.05, 3.63) is 18.2 Å². The first-order valence-corrected chi connectivity index (χ1v) is 7.05. The highest BCUT2D eigenvalue weighted by Gasteiger charge is 2.08. The molecule has 0 saturated carbocycles. The molecule has 0 N–H and O–H groups in total. The van der Waals surface area contributed by atoms with Crippen molar-refractivity contribution in [1.82, 2.24) is 0 Å². The van der Waals surface area contributed by atoms with E-state index >= 15 is 0 Å². The van der Waals surface area contributed by atoms with Gasteiger partial charge in [-0.2, -0.15) is 0 Å². The van der Waals surface area contributed by atoms with E-state index in [4.69, 9.17) is 23.7 Å². The molecule has 0 atom stereocenters. The number of carbonyl (C=O) groups excluding carboxylic acids is 1. The van der Waals surface area contributed by atoms with Gasteiger partial charge in [-0.1, -0.05) is 0 Å². The Labute approximate surface area is 123 Å². The van der Waals surface area contributed by atoms with E-state index < -0.39 is 0 Å². The second-order valence-corrected chi connectivity index (χ2v) is 4.45. The minimum atomic E-state index is 0.386. The van der Waals surface area contributed by atoms with Crippen LogP contribution in [0.5, 0.6) is 17.2 Å². The van der Waals surface area contributed by atoms with Crippen LogP contribution in [0.3, 0.4) is 0 Å². The van der Waals surface area contributed by atoms with Gasteiger partial charge in [0.1, 0.15) is 5.75 Å². The highest BCUT2D eigenvalue weighted by molar-refractivity contribution is 5.51. The predicted molar refractivity (Wildman–Crippen MR) is 75.0 cm³/mol. The molecular weight excluding hydrogens is 276 g/mol. The third kappa shape index (κ3) is 5.61. The van der Waals surface area contributed by atoms with Crippen molar-refractivity contribution in [2.24, 2.45) is 0 Å². The van der Waals surface area contributed by atoms with Gasteiger partial charge < -0.3 is 23.7 Å². The van der Waals surface area contributed by atoms with Gasteiger partial charge in [0, 0.05) is 32.1 Å². The Morgan fingerprint density at radius 2 is 1.52 bits per heavy atom. The Hall–Kier alpha value is -1.79. The van der Waals surface area contributed by atoms with E-state index in [-0.39, 0.29) is 0 Å². The molecule has 0 spiro atoms. The molecule has 0 radical (unpaired) electrons. The zero-order valence-corrected chi connectivity index (χ0v) is 11.9. The van der Waals surface area contributed by atoms with Crippen LogP contribution < -0.4 is 14.2 Å². The summed E-state index contributed by atoms with van der Waals surface area (Å²) >= 11 is 0. The van der Waals surface area contributed by atoms with E-state index in [2.05, 4.69) is 0 Å². The molecule has 1 aromatic carbocycles. The van der Waals surface area contributed by atoms with Crippen molar-refractivity contribution in [3.63, 3.8) is 0 Å². The molecule has 6 nitrogen and oxygen atoms in total. The predicted octanol–water partition coefficient (Wildman–Crippen LogP) is 1.81.